The number of aromatic nitrogens is 1. The number of pyridine rings is 1. The molecule has 0 atom stereocenters. The number of benzene rings is 1. The lowest BCUT2D eigenvalue weighted by atomic mass is 10.2. The maximum Gasteiger partial charge on any atom is 0.275 e. The fraction of sp³-hybridized carbons (Fsp3) is 0.0833. The van der Waals surface area contributed by atoms with Crippen LogP contribution in [0.5, 0.6) is 11.6 Å². The summed E-state index contributed by atoms with van der Waals surface area (Å²) < 4.78 is 19.6. The first kappa shape index (κ1) is 13.4. The molecule has 1 aromatic heterocycles. The molecule has 0 fully saturated rings. The van der Waals surface area contributed by atoms with E-state index in [2.05, 4.69) is 20.9 Å². The molecule has 0 saturated heterocycles. The van der Waals surface area contributed by atoms with Crippen molar-refractivity contribution in [2.75, 3.05) is 0 Å². The van der Waals surface area contributed by atoms with E-state index in [0.29, 0.717) is 10.0 Å². The van der Waals surface area contributed by atoms with Crippen molar-refractivity contribution in [3.8, 4) is 11.6 Å². The molecule has 1 aromatic carbocycles. The summed E-state index contributed by atoms with van der Waals surface area (Å²) in [4.78, 5) is 14.0. The van der Waals surface area contributed by atoms with Gasteiger partial charge in [0.15, 0.2) is 11.6 Å². The molecule has 0 N–H and O–H groups in total. The number of nitro groups is 1. The minimum Gasteiger partial charge on any atom is -0.435 e. The monoisotopic (exact) mass is 326 g/mol. The zero-order valence-electron chi connectivity index (χ0n) is 9.76. The Morgan fingerprint density at radius 3 is 2.84 bits per heavy atom. The van der Waals surface area contributed by atoms with Crippen molar-refractivity contribution in [1.82, 2.24) is 4.98 Å². The Balaban J connectivity index is 2.39. The fourth-order valence-electron chi connectivity index (χ4n) is 1.47. The van der Waals surface area contributed by atoms with Crippen molar-refractivity contribution in [3.63, 3.8) is 0 Å². The highest BCUT2D eigenvalue weighted by Gasteiger charge is 2.17. The number of aryl methyl sites for hydroxylation is 1. The molecule has 98 valence electrons. The average molecular weight is 327 g/mol. The first-order valence-electron chi connectivity index (χ1n) is 5.22. The highest BCUT2D eigenvalue weighted by atomic mass is 79.9. The van der Waals surface area contributed by atoms with E-state index in [9.17, 15) is 14.5 Å². The standard InChI is InChI=1S/C12H8BrFN2O3/c1-7-5-11(9(14)6-10(7)16(17)18)19-12-8(13)3-2-4-15-12/h2-6H,1H3. The van der Waals surface area contributed by atoms with Gasteiger partial charge >= 0.3 is 0 Å². The Hall–Kier alpha value is -2.02. The molecule has 0 radical (unpaired) electrons. The second kappa shape index (κ2) is 5.31. The van der Waals surface area contributed by atoms with Crippen LogP contribution in [-0.4, -0.2) is 9.91 Å². The van der Waals surface area contributed by atoms with Gasteiger partial charge in [0.2, 0.25) is 5.88 Å². The maximum absolute atomic E-state index is 13.7. The topological polar surface area (TPSA) is 65.3 Å². The fourth-order valence-corrected chi connectivity index (χ4v) is 1.81. The molecule has 19 heavy (non-hydrogen) atoms. The molecule has 1 heterocycles. The molecular weight excluding hydrogens is 319 g/mol. The molecular formula is C12H8BrFN2O3. The van der Waals surface area contributed by atoms with E-state index in [1.807, 2.05) is 0 Å². The van der Waals surface area contributed by atoms with E-state index in [4.69, 9.17) is 4.74 Å². The summed E-state index contributed by atoms with van der Waals surface area (Å²) in [5.74, 6) is -0.730. The molecule has 0 saturated carbocycles. The second-order valence-electron chi connectivity index (χ2n) is 3.72. The van der Waals surface area contributed by atoms with Crippen LogP contribution >= 0.6 is 15.9 Å². The summed E-state index contributed by atoms with van der Waals surface area (Å²) in [6.45, 7) is 1.51. The summed E-state index contributed by atoms with van der Waals surface area (Å²) >= 11 is 3.22. The largest absolute Gasteiger partial charge is 0.435 e. The lowest BCUT2D eigenvalue weighted by Gasteiger charge is -2.08. The van der Waals surface area contributed by atoms with Crippen LogP contribution in [0.2, 0.25) is 0 Å². The highest BCUT2D eigenvalue weighted by molar-refractivity contribution is 9.10. The van der Waals surface area contributed by atoms with Gasteiger partial charge in [0.25, 0.3) is 5.69 Å². The summed E-state index contributed by atoms with van der Waals surface area (Å²) in [7, 11) is 0. The van der Waals surface area contributed by atoms with Crippen LogP contribution < -0.4 is 4.74 Å². The lowest BCUT2D eigenvalue weighted by Crippen LogP contribution is -1.97. The predicted octanol–water partition coefficient (Wildman–Crippen LogP) is 3.99. The summed E-state index contributed by atoms with van der Waals surface area (Å²) in [5, 5.41) is 10.7. The predicted molar refractivity (Wildman–Crippen MR) is 69.8 cm³/mol. The number of halogens is 2. The molecule has 7 heteroatoms. The van der Waals surface area contributed by atoms with Crippen molar-refractivity contribution in [1.29, 1.82) is 0 Å². The average Bonchev–Trinajstić information content (AvgIpc) is 2.35. The van der Waals surface area contributed by atoms with Gasteiger partial charge < -0.3 is 4.74 Å². The van der Waals surface area contributed by atoms with Gasteiger partial charge in [-0.3, -0.25) is 10.1 Å². The number of ether oxygens (including phenoxy) is 1. The molecule has 0 amide bonds. The molecule has 0 bridgehead atoms. The van der Waals surface area contributed by atoms with Crippen LogP contribution in [-0.2, 0) is 0 Å². The number of nitro benzene ring substituents is 1. The van der Waals surface area contributed by atoms with Gasteiger partial charge in [-0.1, -0.05) is 0 Å². The molecule has 2 rings (SSSR count). The Kier molecular flexibility index (Phi) is 3.75. The van der Waals surface area contributed by atoms with Crippen LogP contribution in [0.3, 0.4) is 0 Å². The Bertz CT molecular complexity index is 649. The van der Waals surface area contributed by atoms with Gasteiger partial charge in [0.05, 0.1) is 15.5 Å². The van der Waals surface area contributed by atoms with Crippen molar-refractivity contribution >= 4 is 21.6 Å². The summed E-state index contributed by atoms with van der Waals surface area (Å²) in [6, 6.07) is 5.49. The van der Waals surface area contributed by atoms with Gasteiger partial charge in [-0.25, -0.2) is 9.37 Å². The third-order valence-electron chi connectivity index (χ3n) is 2.38. The number of rotatable bonds is 3. The van der Waals surface area contributed by atoms with Crippen molar-refractivity contribution in [2.45, 2.75) is 6.92 Å². The van der Waals surface area contributed by atoms with Crippen LogP contribution in [0, 0.1) is 22.9 Å². The Labute approximate surface area is 116 Å². The second-order valence-corrected chi connectivity index (χ2v) is 4.57. The summed E-state index contributed by atoms with van der Waals surface area (Å²) in [5.41, 5.74) is 0.0263. The first-order valence-corrected chi connectivity index (χ1v) is 6.01. The van der Waals surface area contributed by atoms with Crippen molar-refractivity contribution in [2.24, 2.45) is 0 Å². The van der Waals surface area contributed by atoms with E-state index in [1.54, 1.807) is 12.1 Å². The number of hydrogen-bond donors (Lipinski definition) is 0. The third kappa shape index (κ3) is 2.87. The third-order valence-corrected chi connectivity index (χ3v) is 2.98. The SMILES string of the molecule is Cc1cc(Oc2ncccc2Br)c(F)cc1[N+](=O)[O-]. The zero-order chi connectivity index (χ0) is 14.0. The van der Waals surface area contributed by atoms with Gasteiger partial charge in [0.1, 0.15) is 0 Å². The lowest BCUT2D eigenvalue weighted by molar-refractivity contribution is -0.385. The van der Waals surface area contributed by atoms with Crippen LogP contribution in [0.1, 0.15) is 5.56 Å². The Morgan fingerprint density at radius 2 is 2.21 bits per heavy atom. The molecule has 5 nitrogen and oxygen atoms in total. The molecule has 0 aliphatic heterocycles. The van der Waals surface area contributed by atoms with Gasteiger partial charge in [-0.05, 0) is 41.1 Å². The van der Waals surface area contributed by atoms with Crippen molar-refractivity contribution < 1.29 is 14.1 Å². The van der Waals surface area contributed by atoms with Gasteiger partial charge in [-0.2, -0.15) is 0 Å². The highest BCUT2D eigenvalue weighted by Crippen LogP contribution is 2.32. The van der Waals surface area contributed by atoms with Crippen LogP contribution in [0.15, 0.2) is 34.9 Å². The number of nitrogens with zero attached hydrogens (tertiary/aromatic N) is 2. The molecule has 0 aliphatic rings. The van der Waals surface area contributed by atoms with E-state index in [-0.39, 0.29) is 17.3 Å². The van der Waals surface area contributed by atoms with Gasteiger partial charge in [0, 0.05) is 11.8 Å². The Morgan fingerprint density at radius 1 is 1.47 bits per heavy atom. The smallest absolute Gasteiger partial charge is 0.275 e. The van der Waals surface area contributed by atoms with E-state index < -0.39 is 10.7 Å². The molecule has 0 unspecified atom stereocenters. The summed E-state index contributed by atoms with van der Waals surface area (Å²) in [6.07, 6.45) is 1.50. The molecule has 2 aromatic rings. The van der Waals surface area contributed by atoms with E-state index in [0.717, 1.165) is 6.07 Å². The van der Waals surface area contributed by atoms with Gasteiger partial charge in [-0.15, -0.1) is 0 Å². The number of hydrogen-bond acceptors (Lipinski definition) is 4. The zero-order valence-corrected chi connectivity index (χ0v) is 11.3. The van der Waals surface area contributed by atoms with E-state index >= 15 is 0 Å². The minimum atomic E-state index is -0.810. The van der Waals surface area contributed by atoms with Crippen molar-refractivity contribution in [3.05, 3.63) is 56.4 Å². The first-order chi connectivity index (χ1) is 8.99. The van der Waals surface area contributed by atoms with Crippen LogP contribution in [0.25, 0.3) is 0 Å². The maximum atomic E-state index is 13.7. The quantitative estimate of drug-likeness (QED) is 0.631. The van der Waals surface area contributed by atoms with E-state index in [1.165, 1.54) is 19.2 Å². The van der Waals surface area contributed by atoms with Crippen LogP contribution in [0.4, 0.5) is 10.1 Å². The minimum absolute atomic E-state index is 0.109. The molecule has 0 aliphatic carbocycles. The molecule has 0 spiro atoms. The normalized spacial score (nSPS) is 10.3.